The number of carbonyl (C=O) groups excluding carboxylic acids is 2. The van der Waals surface area contributed by atoms with Crippen molar-refractivity contribution in [3.8, 4) is 5.75 Å². The van der Waals surface area contributed by atoms with Crippen molar-refractivity contribution in [2.24, 2.45) is 5.73 Å². The highest BCUT2D eigenvalue weighted by atomic mass is 16.6. The maximum atomic E-state index is 12.2. The van der Waals surface area contributed by atoms with Gasteiger partial charge in [-0.1, -0.05) is 6.07 Å². The van der Waals surface area contributed by atoms with E-state index in [-0.39, 0.29) is 43.3 Å². The molecule has 25 heavy (non-hydrogen) atoms. The highest BCUT2D eigenvalue weighted by molar-refractivity contribution is 5.85. The van der Waals surface area contributed by atoms with Gasteiger partial charge in [-0.25, -0.2) is 0 Å². The smallest absolute Gasteiger partial charge is 0.310 e. The van der Waals surface area contributed by atoms with Gasteiger partial charge in [0.05, 0.1) is 24.5 Å². The van der Waals surface area contributed by atoms with Gasteiger partial charge in [-0.3, -0.25) is 19.7 Å². The lowest BCUT2D eigenvalue weighted by atomic mass is 9.92. The minimum atomic E-state index is -1.70. The predicted molar refractivity (Wildman–Crippen MR) is 87.9 cm³/mol. The van der Waals surface area contributed by atoms with Crippen molar-refractivity contribution in [3.63, 3.8) is 0 Å². The van der Waals surface area contributed by atoms with Crippen LogP contribution >= 0.6 is 0 Å². The Morgan fingerprint density at radius 3 is 2.84 bits per heavy atom. The van der Waals surface area contributed by atoms with Crippen LogP contribution in [0, 0.1) is 17.0 Å². The minimum absolute atomic E-state index is 0.0278. The summed E-state index contributed by atoms with van der Waals surface area (Å²) in [5, 5.41) is 21.1. The zero-order chi connectivity index (χ0) is 18.6. The molecular weight excluding hydrogens is 330 g/mol. The van der Waals surface area contributed by atoms with Gasteiger partial charge in [-0.2, -0.15) is 0 Å². The van der Waals surface area contributed by atoms with Crippen LogP contribution in [0.15, 0.2) is 18.2 Å². The number of nitrogens with two attached hydrogens (primary N) is 1. The maximum Gasteiger partial charge on any atom is 0.310 e. The highest BCUT2D eigenvalue weighted by Crippen LogP contribution is 2.28. The fourth-order valence-corrected chi connectivity index (χ4v) is 2.74. The normalized spacial score (nSPS) is 20.2. The van der Waals surface area contributed by atoms with Crippen molar-refractivity contribution in [2.45, 2.75) is 31.8 Å². The first kappa shape index (κ1) is 18.7. The minimum Gasteiger partial charge on any atom is -0.486 e. The number of β-amino-alcohol motifs (C(OH)–C–C–N with tert-alkyl or cyclic N) is 1. The Morgan fingerprint density at radius 1 is 1.48 bits per heavy atom. The molecule has 9 nitrogen and oxygen atoms in total. The predicted octanol–water partition coefficient (Wildman–Crippen LogP) is 0.511. The summed E-state index contributed by atoms with van der Waals surface area (Å²) in [6.45, 7) is 2.00. The fraction of sp³-hybridized carbons (Fsp3) is 0.500. The van der Waals surface area contributed by atoms with E-state index < -0.39 is 16.4 Å². The standard InChI is InChI=1S/C16H21N3O6/c1-11-3-4-12(19(23)24)13(9-11)25-8-5-14(20)18-7-2-6-16(22,10-18)15(17)21/h3-4,9,22H,2,5-8,10H2,1H3,(H2,17,21). The number of aryl methyl sites for hydroxylation is 1. The number of carbonyl (C=O) groups is 2. The molecule has 1 aromatic carbocycles. The number of amides is 2. The summed E-state index contributed by atoms with van der Waals surface area (Å²) in [7, 11) is 0. The van der Waals surface area contributed by atoms with Gasteiger partial charge in [0, 0.05) is 12.6 Å². The third kappa shape index (κ3) is 4.44. The van der Waals surface area contributed by atoms with Gasteiger partial charge in [-0.15, -0.1) is 0 Å². The van der Waals surface area contributed by atoms with Gasteiger partial charge in [0.25, 0.3) is 5.91 Å². The number of rotatable bonds is 6. The first-order valence-corrected chi connectivity index (χ1v) is 7.91. The molecule has 0 spiro atoms. The molecule has 1 atom stereocenters. The number of hydrogen-bond donors (Lipinski definition) is 2. The molecule has 136 valence electrons. The van der Waals surface area contributed by atoms with Crippen LogP contribution in [0.25, 0.3) is 0 Å². The molecule has 1 heterocycles. The molecule has 1 aliphatic heterocycles. The van der Waals surface area contributed by atoms with E-state index in [1.807, 2.05) is 0 Å². The number of piperidine rings is 1. The van der Waals surface area contributed by atoms with Crippen molar-refractivity contribution in [2.75, 3.05) is 19.7 Å². The fourth-order valence-electron chi connectivity index (χ4n) is 2.74. The average molecular weight is 351 g/mol. The largest absolute Gasteiger partial charge is 0.486 e. The van der Waals surface area contributed by atoms with Crippen LogP contribution in [0.3, 0.4) is 0 Å². The zero-order valence-corrected chi connectivity index (χ0v) is 13.9. The van der Waals surface area contributed by atoms with Crippen LogP contribution in [0.1, 0.15) is 24.8 Å². The number of likely N-dealkylation sites (tertiary alicyclic amines) is 1. The summed E-state index contributed by atoms with van der Waals surface area (Å²) in [5.74, 6) is -1.06. The van der Waals surface area contributed by atoms with Crippen molar-refractivity contribution in [1.29, 1.82) is 0 Å². The van der Waals surface area contributed by atoms with E-state index in [0.717, 1.165) is 5.56 Å². The first-order chi connectivity index (χ1) is 11.7. The van der Waals surface area contributed by atoms with Gasteiger partial charge < -0.3 is 20.5 Å². The molecular formula is C16H21N3O6. The molecule has 1 fully saturated rings. The van der Waals surface area contributed by atoms with E-state index in [4.69, 9.17) is 10.5 Å². The van der Waals surface area contributed by atoms with E-state index in [0.29, 0.717) is 13.0 Å². The molecule has 9 heteroatoms. The molecule has 1 aliphatic rings. The molecule has 0 radical (unpaired) electrons. The van der Waals surface area contributed by atoms with E-state index in [9.17, 15) is 24.8 Å². The Morgan fingerprint density at radius 2 is 2.20 bits per heavy atom. The molecule has 2 rings (SSSR count). The SMILES string of the molecule is Cc1ccc([N+](=O)[O-])c(OCCC(=O)N2CCCC(O)(C(N)=O)C2)c1. The van der Waals surface area contributed by atoms with Crippen LogP contribution in [0.5, 0.6) is 5.75 Å². The monoisotopic (exact) mass is 351 g/mol. The number of primary amides is 1. The van der Waals surface area contributed by atoms with Gasteiger partial charge in [0.2, 0.25) is 5.91 Å². The zero-order valence-electron chi connectivity index (χ0n) is 13.9. The topological polar surface area (TPSA) is 136 Å². The van der Waals surface area contributed by atoms with Crippen LogP contribution in [0.4, 0.5) is 5.69 Å². The van der Waals surface area contributed by atoms with Gasteiger partial charge in [0.1, 0.15) is 0 Å². The van der Waals surface area contributed by atoms with Crippen LogP contribution < -0.4 is 10.5 Å². The number of hydrogen-bond acceptors (Lipinski definition) is 6. The molecule has 1 aromatic rings. The molecule has 0 saturated carbocycles. The second kappa shape index (κ2) is 7.47. The summed E-state index contributed by atoms with van der Waals surface area (Å²) in [5.41, 5.74) is 4.11. The second-order valence-electron chi connectivity index (χ2n) is 6.14. The lowest BCUT2D eigenvalue weighted by molar-refractivity contribution is -0.385. The number of benzene rings is 1. The number of aliphatic hydroxyl groups is 1. The third-order valence-corrected chi connectivity index (χ3v) is 4.17. The lowest BCUT2D eigenvalue weighted by Gasteiger charge is -2.37. The first-order valence-electron chi connectivity index (χ1n) is 7.91. The van der Waals surface area contributed by atoms with Gasteiger partial charge in [-0.05, 0) is 31.4 Å². The van der Waals surface area contributed by atoms with Crippen LogP contribution in [-0.2, 0) is 9.59 Å². The molecule has 1 saturated heterocycles. The average Bonchev–Trinajstić information content (AvgIpc) is 2.54. The molecule has 2 amide bonds. The Balaban J connectivity index is 1.94. The summed E-state index contributed by atoms with van der Waals surface area (Å²) in [6, 6.07) is 4.49. The Labute approximate surface area is 144 Å². The van der Waals surface area contributed by atoms with Crippen molar-refractivity contribution in [3.05, 3.63) is 33.9 Å². The summed E-state index contributed by atoms with van der Waals surface area (Å²) < 4.78 is 5.40. The summed E-state index contributed by atoms with van der Waals surface area (Å²) in [4.78, 5) is 35.4. The number of nitrogens with zero attached hydrogens (tertiary/aromatic N) is 2. The second-order valence-corrected chi connectivity index (χ2v) is 6.14. The maximum absolute atomic E-state index is 12.2. The van der Waals surface area contributed by atoms with E-state index in [1.54, 1.807) is 13.0 Å². The van der Waals surface area contributed by atoms with E-state index in [2.05, 4.69) is 0 Å². The van der Waals surface area contributed by atoms with Gasteiger partial charge in [0.15, 0.2) is 11.4 Å². The summed E-state index contributed by atoms with van der Waals surface area (Å²) >= 11 is 0. The van der Waals surface area contributed by atoms with Crippen molar-refractivity contribution in [1.82, 2.24) is 4.90 Å². The highest BCUT2D eigenvalue weighted by Gasteiger charge is 2.40. The van der Waals surface area contributed by atoms with Crippen molar-refractivity contribution >= 4 is 17.5 Å². The Kier molecular flexibility index (Phi) is 5.58. The molecule has 0 aliphatic carbocycles. The molecule has 1 unspecified atom stereocenters. The Bertz CT molecular complexity index is 692. The molecule has 3 N–H and O–H groups in total. The lowest BCUT2D eigenvalue weighted by Crippen LogP contribution is -2.57. The van der Waals surface area contributed by atoms with Crippen LogP contribution in [0.2, 0.25) is 0 Å². The number of nitro groups is 1. The number of nitro benzene ring substituents is 1. The van der Waals surface area contributed by atoms with E-state index in [1.165, 1.54) is 17.0 Å². The van der Waals surface area contributed by atoms with E-state index >= 15 is 0 Å². The summed E-state index contributed by atoms with van der Waals surface area (Å²) in [6.07, 6.45) is 0.660. The molecule has 0 aromatic heterocycles. The number of ether oxygens (including phenoxy) is 1. The molecule has 0 bridgehead atoms. The Hall–Kier alpha value is -2.68. The van der Waals surface area contributed by atoms with Crippen LogP contribution in [-0.4, -0.2) is 52.0 Å². The quantitative estimate of drug-likeness (QED) is 0.566. The van der Waals surface area contributed by atoms with Crippen molar-refractivity contribution < 1.29 is 24.4 Å². The third-order valence-electron chi connectivity index (χ3n) is 4.17. The van der Waals surface area contributed by atoms with Gasteiger partial charge >= 0.3 is 5.69 Å².